The Bertz CT molecular complexity index is 524. The first-order chi connectivity index (χ1) is 8.02. The van der Waals surface area contributed by atoms with Crippen LogP contribution in [0.3, 0.4) is 0 Å². The van der Waals surface area contributed by atoms with Crippen LogP contribution < -0.4 is 11.2 Å². The van der Waals surface area contributed by atoms with Crippen LogP contribution in [0.2, 0.25) is 0 Å². The summed E-state index contributed by atoms with van der Waals surface area (Å²) in [5.74, 6) is 0.384. The highest BCUT2D eigenvalue weighted by molar-refractivity contribution is 7.80. The van der Waals surface area contributed by atoms with Crippen LogP contribution in [0.1, 0.15) is 18.2 Å². The molecule has 0 aromatic carbocycles. The topological polar surface area (TPSA) is 84.3 Å². The molecule has 1 aromatic rings. The first kappa shape index (κ1) is 12.4. The Balaban J connectivity index is 2.34. The number of aromatic nitrogens is 2. The van der Waals surface area contributed by atoms with Crippen LogP contribution in [0.5, 0.6) is 0 Å². The molecule has 7 heteroatoms. The predicted molar refractivity (Wildman–Crippen MR) is 64.4 cm³/mol. The number of aliphatic hydroxyl groups excluding tert-OH is 1. The molecule has 1 unspecified atom stereocenters. The second kappa shape index (κ2) is 4.67. The van der Waals surface area contributed by atoms with Crippen molar-refractivity contribution in [2.24, 2.45) is 0 Å². The normalized spacial score (nSPS) is 28.5. The molecule has 94 valence electrons. The molecule has 1 aromatic heterocycles. The van der Waals surface area contributed by atoms with Crippen LogP contribution in [0.15, 0.2) is 15.8 Å². The standard InChI is InChI=1S/C10H14N2O4S/c1-5-3-12(10(15)11-9(5)14)8-2-6(13)7(4-17)16-8/h3,6-8,13,17H,2,4H2,1H3,(H,11,14,15)/t6?,7-,8-/m1/s1. The van der Waals surface area contributed by atoms with Gasteiger partial charge in [0.05, 0.1) is 12.2 Å². The van der Waals surface area contributed by atoms with E-state index in [0.29, 0.717) is 17.7 Å². The zero-order valence-electron chi connectivity index (χ0n) is 9.29. The highest BCUT2D eigenvalue weighted by Crippen LogP contribution is 2.27. The van der Waals surface area contributed by atoms with E-state index in [9.17, 15) is 14.7 Å². The van der Waals surface area contributed by atoms with Crippen molar-refractivity contribution in [2.75, 3.05) is 5.75 Å². The van der Waals surface area contributed by atoms with E-state index < -0.39 is 23.6 Å². The molecule has 1 saturated heterocycles. The first-order valence-electron chi connectivity index (χ1n) is 5.29. The monoisotopic (exact) mass is 258 g/mol. The van der Waals surface area contributed by atoms with Crippen molar-refractivity contribution in [3.63, 3.8) is 0 Å². The third-order valence-corrected chi connectivity index (χ3v) is 3.20. The Morgan fingerprint density at radius 2 is 2.35 bits per heavy atom. The number of hydrogen-bond acceptors (Lipinski definition) is 5. The van der Waals surface area contributed by atoms with Crippen LogP contribution in [0.4, 0.5) is 0 Å². The average molecular weight is 258 g/mol. The van der Waals surface area contributed by atoms with Crippen molar-refractivity contribution in [3.05, 3.63) is 32.6 Å². The van der Waals surface area contributed by atoms with Gasteiger partial charge in [-0.2, -0.15) is 12.6 Å². The van der Waals surface area contributed by atoms with Gasteiger partial charge in [0, 0.05) is 23.9 Å². The molecule has 1 aliphatic heterocycles. The molecule has 0 spiro atoms. The zero-order valence-corrected chi connectivity index (χ0v) is 10.2. The van der Waals surface area contributed by atoms with Crippen molar-refractivity contribution < 1.29 is 9.84 Å². The van der Waals surface area contributed by atoms with E-state index >= 15 is 0 Å². The maximum atomic E-state index is 11.6. The van der Waals surface area contributed by atoms with Gasteiger partial charge in [-0.1, -0.05) is 0 Å². The number of nitrogens with one attached hydrogen (secondary N) is 1. The van der Waals surface area contributed by atoms with Crippen LogP contribution in [0.25, 0.3) is 0 Å². The van der Waals surface area contributed by atoms with Crippen molar-refractivity contribution >= 4 is 12.6 Å². The van der Waals surface area contributed by atoms with E-state index in [-0.39, 0.29) is 6.10 Å². The fourth-order valence-electron chi connectivity index (χ4n) is 1.85. The molecule has 3 atom stereocenters. The molecule has 17 heavy (non-hydrogen) atoms. The van der Waals surface area contributed by atoms with Gasteiger partial charge < -0.3 is 9.84 Å². The molecule has 0 amide bonds. The minimum atomic E-state index is -0.642. The highest BCUT2D eigenvalue weighted by Gasteiger charge is 2.34. The van der Waals surface area contributed by atoms with E-state index in [1.807, 2.05) is 0 Å². The maximum absolute atomic E-state index is 11.6. The summed E-state index contributed by atoms with van der Waals surface area (Å²) in [6.45, 7) is 1.61. The van der Waals surface area contributed by atoms with Gasteiger partial charge in [0.15, 0.2) is 0 Å². The molecular weight excluding hydrogens is 244 g/mol. The Morgan fingerprint density at radius 1 is 1.65 bits per heavy atom. The van der Waals surface area contributed by atoms with E-state index in [1.54, 1.807) is 6.92 Å². The third kappa shape index (κ3) is 2.31. The summed E-state index contributed by atoms with van der Waals surface area (Å²) in [7, 11) is 0. The van der Waals surface area contributed by atoms with E-state index in [0.717, 1.165) is 0 Å². The Labute approximate surface area is 103 Å². The predicted octanol–water partition coefficient (Wildman–Crippen LogP) is -0.577. The lowest BCUT2D eigenvalue weighted by molar-refractivity contribution is -0.00746. The largest absolute Gasteiger partial charge is 0.390 e. The molecule has 2 heterocycles. The van der Waals surface area contributed by atoms with Crippen LogP contribution in [-0.2, 0) is 4.74 Å². The summed E-state index contributed by atoms with van der Waals surface area (Å²) in [4.78, 5) is 25.0. The Morgan fingerprint density at radius 3 is 2.94 bits per heavy atom. The Kier molecular flexibility index (Phi) is 3.41. The molecule has 0 radical (unpaired) electrons. The van der Waals surface area contributed by atoms with Gasteiger partial charge in [-0.05, 0) is 6.92 Å². The lowest BCUT2D eigenvalue weighted by atomic mass is 10.2. The second-order valence-corrected chi connectivity index (χ2v) is 4.46. The van der Waals surface area contributed by atoms with Crippen molar-refractivity contribution in [2.45, 2.75) is 31.8 Å². The Hall–Kier alpha value is -1.05. The number of H-pyrrole nitrogens is 1. The number of thiol groups is 1. The summed E-state index contributed by atoms with van der Waals surface area (Å²) in [5, 5.41) is 9.67. The number of aryl methyl sites for hydroxylation is 1. The van der Waals surface area contributed by atoms with E-state index in [1.165, 1.54) is 10.8 Å². The zero-order chi connectivity index (χ0) is 12.6. The number of aliphatic hydroxyl groups is 1. The van der Waals surface area contributed by atoms with Gasteiger partial charge in [0.25, 0.3) is 5.56 Å². The smallest absolute Gasteiger partial charge is 0.330 e. The minimum absolute atomic E-state index is 0.316. The van der Waals surface area contributed by atoms with Gasteiger partial charge in [0.1, 0.15) is 6.23 Å². The molecular formula is C10H14N2O4S. The molecule has 0 aliphatic carbocycles. The fraction of sp³-hybridized carbons (Fsp3) is 0.600. The maximum Gasteiger partial charge on any atom is 0.330 e. The summed E-state index contributed by atoms with van der Waals surface area (Å²) in [6, 6.07) is 0. The van der Waals surface area contributed by atoms with E-state index in [2.05, 4.69) is 17.6 Å². The van der Waals surface area contributed by atoms with Gasteiger partial charge in [-0.25, -0.2) is 4.79 Å². The molecule has 0 bridgehead atoms. The van der Waals surface area contributed by atoms with Crippen molar-refractivity contribution in [1.82, 2.24) is 9.55 Å². The summed E-state index contributed by atoms with van der Waals surface area (Å²) >= 11 is 4.06. The summed E-state index contributed by atoms with van der Waals surface area (Å²) in [6.07, 6.45) is 0.181. The average Bonchev–Trinajstić information content (AvgIpc) is 2.65. The first-order valence-corrected chi connectivity index (χ1v) is 5.92. The van der Waals surface area contributed by atoms with Crippen molar-refractivity contribution in [3.8, 4) is 0 Å². The van der Waals surface area contributed by atoms with Gasteiger partial charge in [-0.15, -0.1) is 0 Å². The summed E-state index contributed by atoms with van der Waals surface area (Å²) in [5.41, 5.74) is -0.509. The fourth-order valence-corrected chi connectivity index (χ4v) is 2.18. The van der Waals surface area contributed by atoms with Gasteiger partial charge in [-0.3, -0.25) is 14.3 Å². The SMILES string of the molecule is Cc1cn([C@H]2CC(O)[C@@H](CS)O2)c(=O)[nH]c1=O. The minimum Gasteiger partial charge on any atom is -0.390 e. The van der Waals surface area contributed by atoms with Crippen LogP contribution in [0, 0.1) is 6.92 Å². The molecule has 2 N–H and O–H groups in total. The quantitative estimate of drug-likeness (QED) is 0.620. The molecule has 1 fully saturated rings. The number of rotatable bonds is 2. The number of ether oxygens (including phenoxy) is 1. The highest BCUT2D eigenvalue weighted by atomic mass is 32.1. The molecule has 0 saturated carbocycles. The lowest BCUT2D eigenvalue weighted by Gasteiger charge is -2.14. The summed E-state index contributed by atoms with van der Waals surface area (Å²) < 4.78 is 6.79. The van der Waals surface area contributed by atoms with Crippen LogP contribution in [-0.4, -0.2) is 32.6 Å². The molecule has 2 rings (SSSR count). The molecule has 1 aliphatic rings. The van der Waals surface area contributed by atoms with Gasteiger partial charge >= 0.3 is 5.69 Å². The van der Waals surface area contributed by atoms with E-state index in [4.69, 9.17) is 4.74 Å². The third-order valence-electron chi connectivity index (χ3n) is 2.84. The number of nitrogens with zero attached hydrogens (tertiary/aromatic N) is 1. The second-order valence-electron chi connectivity index (χ2n) is 4.09. The van der Waals surface area contributed by atoms with Crippen molar-refractivity contribution in [1.29, 1.82) is 0 Å². The number of aromatic amines is 1. The molecule has 6 nitrogen and oxygen atoms in total. The lowest BCUT2D eigenvalue weighted by Crippen LogP contribution is -2.33. The number of hydrogen-bond donors (Lipinski definition) is 3. The van der Waals surface area contributed by atoms with Gasteiger partial charge in [0.2, 0.25) is 0 Å². The van der Waals surface area contributed by atoms with Crippen LogP contribution >= 0.6 is 12.6 Å².